The summed E-state index contributed by atoms with van der Waals surface area (Å²) in [7, 11) is 0. The molecule has 0 aromatic carbocycles. The highest BCUT2D eigenvalue weighted by Gasteiger charge is 2.26. The summed E-state index contributed by atoms with van der Waals surface area (Å²) in [6.07, 6.45) is 3.01. The first-order valence-corrected chi connectivity index (χ1v) is 4.53. The minimum absolute atomic E-state index is 0.108. The van der Waals surface area contributed by atoms with Gasteiger partial charge in [-0.05, 0) is 32.1 Å². The van der Waals surface area contributed by atoms with Gasteiger partial charge in [-0.25, -0.2) is 0 Å². The number of aliphatic hydroxyl groups is 1. The van der Waals surface area contributed by atoms with E-state index in [1.807, 2.05) is 6.92 Å². The SMILES string of the molecule is CCOC1CCC(C)CC1O. The molecule has 1 saturated carbocycles. The van der Waals surface area contributed by atoms with Crippen LogP contribution >= 0.6 is 0 Å². The summed E-state index contributed by atoms with van der Waals surface area (Å²) in [6, 6.07) is 0. The first-order valence-electron chi connectivity index (χ1n) is 4.53. The third-order valence-corrected chi connectivity index (χ3v) is 2.40. The molecular formula is C9H18O2. The zero-order valence-corrected chi connectivity index (χ0v) is 7.42. The summed E-state index contributed by atoms with van der Waals surface area (Å²) in [6.45, 7) is 4.88. The van der Waals surface area contributed by atoms with Crippen molar-refractivity contribution in [2.24, 2.45) is 5.92 Å². The molecule has 0 bridgehead atoms. The number of aliphatic hydroxyl groups excluding tert-OH is 1. The zero-order chi connectivity index (χ0) is 8.27. The molecule has 0 aromatic rings. The molecule has 11 heavy (non-hydrogen) atoms. The van der Waals surface area contributed by atoms with Crippen molar-refractivity contribution < 1.29 is 9.84 Å². The van der Waals surface area contributed by atoms with E-state index >= 15 is 0 Å². The van der Waals surface area contributed by atoms with E-state index in [0.717, 1.165) is 19.4 Å². The van der Waals surface area contributed by atoms with Crippen LogP contribution in [0.1, 0.15) is 33.1 Å². The lowest BCUT2D eigenvalue weighted by molar-refractivity contribution is -0.0644. The average molecular weight is 158 g/mol. The maximum absolute atomic E-state index is 9.55. The lowest BCUT2D eigenvalue weighted by Crippen LogP contribution is -2.35. The van der Waals surface area contributed by atoms with Crippen LogP contribution in [0, 0.1) is 5.92 Å². The van der Waals surface area contributed by atoms with Crippen molar-refractivity contribution in [3.8, 4) is 0 Å². The third-order valence-electron chi connectivity index (χ3n) is 2.40. The van der Waals surface area contributed by atoms with Gasteiger partial charge >= 0.3 is 0 Å². The van der Waals surface area contributed by atoms with E-state index in [-0.39, 0.29) is 12.2 Å². The molecule has 1 rings (SSSR count). The van der Waals surface area contributed by atoms with E-state index in [1.54, 1.807) is 0 Å². The largest absolute Gasteiger partial charge is 0.390 e. The Bertz CT molecular complexity index is 114. The molecule has 2 heteroatoms. The second-order valence-corrected chi connectivity index (χ2v) is 3.48. The number of hydrogen-bond donors (Lipinski definition) is 1. The first-order chi connectivity index (χ1) is 5.24. The highest BCUT2D eigenvalue weighted by atomic mass is 16.5. The summed E-state index contributed by atoms with van der Waals surface area (Å²) in [5.74, 6) is 0.668. The maximum atomic E-state index is 9.55. The Morgan fingerprint density at radius 2 is 2.18 bits per heavy atom. The van der Waals surface area contributed by atoms with Gasteiger partial charge in [0.25, 0.3) is 0 Å². The first kappa shape index (κ1) is 9.01. The highest BCUT2D eigenvalue weighted by Crippen LogP contribution is 2.25. The van der Waals surface area contributed by atoms with Gasteiger partial charge in [0.2, 0.25) is 0 Å². The fourth-order valence-electron chi connectivity index (χ4n) is 1.73. The van der Waals surface area contributed by atoms with Gasteiger partial charge in [0.05, 0.1) is 12.2 Å². The van der Waals surface area contributed by atoms with E-state index in [0.29, 0.717) is 5.92 Å². The van der Waals surface area contributed by atoms with Crippen molar-refractivity contribution in [1.82, 2.24) is 0 Å². The van der Waals surface area contributed by atoms with E-state index in [2.05, 4.69) is 6.92 Å². The fourth-order valence-corrected chi connectivity index (χ4v) is 1.73. The summed E-state index contributed by atoms with van der Waals surface area (Å²) >= 11 is 0. The maximum Gasteiger partial charge on any atom is 0.0833 e. The highest BCUT2D eigenvalue weighted by molar-refractivity contribution is 4.78. The lowest BCUT2D eigenvalue weighted by Gasteiger charge is -2.30. The van der Waals surface area contributed by atoms with Gasteiger partial charge in [0.1, 0.15) is 0 Å². The molecule has 66 valence electrons. The van der Waals surface area contributed by atoms with Crippen molar-refractivity contribution in [2.75, 3.05) is 6.61 Å². The Hall–Kier alpha value is -0.0800. The Balaban J connectivity index is 2.31. The average Bonchev–Trinajstić information content (AvgIpc) is 1.95. The van der Waals surface area contributed by atoms with Gasteiger partial charge in [0, 0.05) is 6.61 Å². The molecule has 3 atom stereocenters. The monoisotopic (exact) mass is 158 g/mol. The van der Waals surface area contributed by atoms with Crippen LogP contribution in [-0.4, -0.2) is 23.9 Å². The number of rotatable bonds is 2. The van der Waals surface area contributed by atoms with Crippen LogP contribution in [0.25, 0.3) is 0 Å². The van der Waals surface area contributed by atoms with Gasteiger partial charge in [-0.1, -0.05) is 6.92 Å². The van der Waals surface area contributed by atoms with Crippen LogP contribution in [-0.2, 0) is 4.74 Å². The second-order valence-electron chi connectivity index (χ2n) is 3.48. The van der Waals surface area contributed by atoms with Crippen LogP contribution < -0.4 is 0 Å². The van der Waals surface area contributed by atoms with Gasteiger partial charge in [-0.2, -0.15) is 0 Å². The quantitative estimate of drug-likeness (QED) is 0.661. The Morgan fingerprint density at radius 1 is 1.45 bits per heavy atom. The van der Waals surface area contributed by atoms with E-state index < -0.39 is 0 Å². The van der Waals surface area contributed by atoms with Crippen LogP contribution in [0.3, 0.4) is 0 Å². The summed E-state index contributed by atoms with van der Waals surface area (Å²) in [5, 5.41) is 9.55. The van der Waals surface area contributed by atoms with Crippen molar-refractivity contribution in [1.29, 1.82) is 0 Å². The number of ether oxygens (including phenoxy) is 1. The predicted molar refractivity (Wildman–Crippen MR) is 44.4 cm³/mol. The lowest BCUT2D eigenvalue weighted by atomic mass is 9.87. The molecule has 0 saturated heterocycles. The van der Waals surface area contributed by atoms with Crippen molar-refractivity contribution in [2.45, 2.75) is 45.3 Å². The summed E-state index contributed by atoms with van der Waals surface area (Å²) in [4.78, 5) is 0. The van der Waals surface area contributed by atoms with Crippen molar-refractivity contribution in [3.05, 3.63) is 0 Å². The van der Waals surface area contributed by atoms with E-state index in [9.17, 15) is 5.11 Å². The minimum Gasteiger partial charge on any atom is -0.390 e. The number of hydrogen-bond acceptors (Lipinski definition) is 2. The van der Waals surface area contributed by atoms with Gasteiger partial charge in [0.15, 0.2) is 0 Å². The molecule has 1 aliphatic rings. The molecule has 0 aromatic heterocycles. The molecule has 1 aliphatic carbocycles. The molecule has 0 heterocycles. The molecule has 3 unspecified atom stereocenters. The standard InChI is InChI=1S/C9H18O2/c1-3-11-9-5-4-7(2)6-8(9)10/h7-10H,3-6H2,1-2H3. The van der Waals surface area contributed by atoms with Gasteiger partial charge in [-0.3, -0.25) is 0 Å². The molecule has 2 nitrogen and oxygen atoms in total. The van der Waals surface area contributed by atoms with Crippen LogP contribution in [0.15, 0.2) is 0 Å². The summed E-state index contributed by atoms with van der Waals surface area (Å²) < 4.78 is 5.39. The van der Waals surface area contributed by atoms with Gasteiger partial charge in [-0.15, -0.1) is 0 Å². The van der Waals surface area contributed by atoms with Crippen molar-refractivity contribution >= 4 is 0 Å². The Kier molecular flexibility index (Phi) is 3.34. The van der Waals surface area contributed by atoms with Gasteiger partial charge < -0.3 is 9.84 Å². The minimum atomic E-state index is -0.223. The zero-order valence-electron chi connectivity index (χ0n) is 7.42. The summed E-state index contributed by atoms with van der Waals surface area (Å²) in [5.41, 5.74) is 0. The van der Waals surface area contributed by atoms with Crippen molar-refractivity contribution in [3.63, 3.8) is 0 Å². The van der Waals surface area contributed by atoms with Crippen LogP contribution in [0.5, 0.6) is 0 Å². The molecule has 1 N–H and O–H groups in total. The normalized spacial score (nSPS) is 39.0. The van der Waals surface area contributed by atoms with Crippen LogP contribution in [0.2, 0.25) is 0 Å². The predicted octanol–water partition coefficient (Wildman–Crippen LogP) is 1.57. The van der Waals surface area contributed by atoms with E-state index in [1.165, 1.54) is 6.42 Å². The Labute approximate surface area is 68.6 Å². The molecule has 0 radical (unpaired) electrons. The topological polar surface area (TPSA) is 29.5 Å². The Morgan fingerprint density at radius 3 is 2.73 bits per heavy atom. The second kappa shape index (κ2) is 4.07. The smallest absolute Gasteiger partial charge is 0.0833 e. The third kappa shape index (κ3) is 2.46. The van der Waals surface area contributed by atoms with E-state index in [4.69, 9.17) is 4.74 Å². The molecular weight excluding hydrogens is 140 g/mol. The molecule has 0 amide bonds. The molecule has 0 spiro atoms. The fraction of sp³-hybridized carbons (Fsp3) is 1.00. The van der Waals surface area contributed by atoms with Crippen LogP contribution in [0.4, 0.5) is 0 Å². The molecule has 0 aliphatic heterocycles. The molecule has 1 fully saturated rings.